The molecule has 0 fully saturated rings. The van der Waals surface area contributed by atoms with Crippen molar-refractivity contribution in [2.24, 2.45) is 0 Å². The second-order valence-corrected chi connectivity index (χ2v) is 7.95. The summed E-state index contributed by atoms with van der Waals surface area (Å²) in [6.45, 7) is 6.25. The van der Waals surface area contributed by atoms with Crippen LogP contribution < -0.4 is 20.3 Å². The number of anilines is 2. The summed E-state index contributed by atoms with van der Waals surface area (Å²) >= 11 is 5.32. The molecule has 0 saturated carbocycles. The summed E-state index contributed by atoms with van der Waals surface area (Å²) in [6.07, 6.45) is -0.0668. The fourth-order valence-electron chi connectivity index (χ4n) is 3.28. The monoisotopic (exact) mass is 461 g/mol. The van der Waals surface area contributed by atoms with Crippen molar-refractivity contribution in [2.75, 3.05) is 16.8 Å². The molecule has 0 heterocycles. The van der Waals surface area contributed by atoms with Crippen molar-refractivity contribution in [2.45, 2.75) is 26.9 Å². The molecule has 0 saturated heterocycles. The average molecular weight is 462 g/mol. The summed E-state index contributed by atoms with van der Waals surface area (Å²) in [5.74, 6) is -0.0137. The van der Waals surface area contributed by atoms with Gasteiger partial charge < -0.3 is 15.0 Å². The molecule has 0 unspecified atom stereocenters. The predicted octanol–water partition coefficient (Wildman–Crippen LogP) is 5.27. The Kier molecular flexibility index (Phi) is 8.16. The van der Waals surface area contributed by atoms with Crippen LogP contribution in [0.4, 0.5) is 11.4 Å². The summed E-state index contributed by atoms with van der Waals surface area (Å²) < 4.78 is 5.71. The van der Waals surface area contributed by atoms with E-state index in [0.29, 0.717) is 29.1 Å². The lowest BCUT2D eigenvalue weighted by Gasteiger charge is -2.21. The smallest absolute Gasteiger partial charge is 0.261 e. The maximum absolute atomic E-state index is 13.1. The van der Waals surface area contributed by atoms with Crippen molar-refractivity contribution in [3.63, 3.8) is 0 Å². The standard InChI is InChI=1S/C26H27N3O3S/c1-4-29(21-13-6-5-7-14-21)25(31)19-11-10-12-20(17-19)27-26(33)28-24(30)22-15-8-9-16-23(22)32-18(2)3/h5-18H,4H2,1-3H3,(H2,27,28,30,33). The summed E-state index contributed by atoms with van der Waals surface area (Å²) in [5.41, 5.74) is 2.33. The van der Waals surface area contributed by atoms with Crippen LogP contribution in [0.15, 0.2) is 78.9 Å². The topological polar surface area (TPSA) is 70.7 Å². The number of amides is 2. The molecule has 2 N–H and O–H groups in total. The van der Waals surface area contributed by atoms with Gasteiger partial charge in [-0.25, -0.2) is 0 Å². The molecule has 0 aliphatic heterocycles. The first kappa shape index (κ1) is 23.9. The minimum atomic E-state index is -0.378. The molecule has 2 amide bonds. The lowest BCUT2D eigenvalue weighted by atomic mass is 10.1. The van der Waals surface area contributed by atoms with E-state index < -0.39 is 0 Å². The Morgan fingerprint density at radius 2 is 1.67 bits per heavy atom. The van der Waals surface area contributed by atoms with Gasteiger partial charge in [-0.2, -0.15) is 0 Å². The first-order valence-electron chi connectivity index (χ1n) is 10.7. The molecule has 0 aliphatic carbocycles. The number of ether oxygens (including phenoxy) is 1. The predicted molar refractivity (Wildman–Crippen MR) is 136 cm³/mol. The van der Waals surface area contributed by atoms with Gasteiger partial charge in [-0.05, 0) is 75.5 Å². The van der Waals surface area contributed by atoms with E-state index in [1.807, 2.05) is 57.2 Å². The summed E-state index contributed by atoms with van der Waals surface area (Å²) in [4.78, 5) is 27.5. The number of hydrogen-bond donors (Lipinski definition) is 2. The largest absolute Gasteiger partial charge is 0.490 e. The normalized spacial score (nSPS) is 10.4. The van der Waals surface area contributed by atoms with E-state index in [-0.39, 0.29) is 23.0 Å². The minimum absolute atomic E-state index is 0.0668. The zero-order valence-electron chi connectivity index (χ0n) is 18.9. The van der Waals surface area contributed by atoms with Crippen LogP contribution in [0.1, 0.15) is 41.5 Å². The van der Waals surface area contributed by atoms with Crippen LogP contribution in [-0.4, -0.2) is 29.6 Å². The summed E-state index contributed by atoms with van der Waals surface area (Å²) in [7, 11) is 0. The molecule has 0 bridgehead atoms. The Bertz CT molecular complexity index is 1130. The fraction of sp³-hybridized carbons (Fsp3) is 0.192. The number of carbonyl (C=O) groups is 2. The molecule has 3 aromatic carbocycles. The maximum Gasteiger partial charge on any atom is 0.261 e. The van der Waals surface area contributed by atoms with E-state index in [1.165, 1.54) is 0 Å². The Morgan fingerprint density at radius 3 is 2.36 bits per heavy atom. The van der Waals surface area contributed by atoms with Gasteiger partial charge in [0.15, 0.2) is 5.11 Å². The van der Waals surface area contributed by atoms with E-state index >= 15 is 0 Å². The first-order chi connectivity index (χ1) is 15.9. The zero-order valence-corrected chi connectivity index (χ0v) is 19.7. The summed E-state index contributed by atoms with van der Waals surface area (Å²) in [5, 5.41) is 5.78. The number of carbonyl (C=O) groups excluding carboxylic acids is 2. The van der Waals surface area contributed by atoms with Gasteiger partial charge in [0.25, 0.3) is 11.8 Å². The Balaban J connectivity index is 1.70. The number of para-hydroxylation sites is 2. The van der Waals surface area contributed by atoms with Crippen LogP contribution in [0, 0.1) is 0 Å². The van der Waals surface area contributed by atoms with Gasteiger partial charge in [0.2, 0.25) is 0 Å². The van der Waals surface area contributed by atoms with E-state index in [9.17, 15) is 9.59 Å². The third-order valence-corrected chi connectivity index (χ3v) is 4.92. The minimum Gasteiger partial charge on any atom is -0.490 e. The van der Waals surface area contributed by atoms with Crippen molar-refractivity contribution in [1.82, 2.24) is 5.32 Å². The molecule has 0 atom stereocenters. The number of thiocarbonyl (C=S) groups is 1. The second-order valence-electron chi connectivity index (χ2n) is 7.54. The highest BCUT2D eigenvalue weighted by Gasteiger charge is 2.17. The van der Waals surface area contributed by atoms with Crippen LogP contribution in [0.5, 0.6) is 5.75 Å². The van der Waals surface area contributed by atoms with Gasteiger partial charge in [-0.15, -0.1) is 0 Å². The lowest BCUT2D eigenvalue weighted by molar-refractivity contribution is 0.0968. The van der Waals surface area contributed by atoms with Crippen molar-refractivity contribution in [3.05, 3.63) is 90.0 Å². The van der Waals surface area contributed by atoms with E-state index in [0.717, 1.165) is 5.69 Å². The SMILES string of the molecule is CCN(C(=O)c1cccc(NC(=S)NC(=O)c2ccccc2OC(C)C)c1)c1ccccc1. The molecule has 0 spiro atoms. The van der Waals surface area contributed by atoms with E-state index in [2.05, 4.69) is 10.6 Å². The van der Waals surface area contributed by atoms with Crippen LogP contribution in [0.25, 0.3) is 0 Å². The number of hydrogen-bond acceptors (Lipinski definition) is 4. The quantitative estimate of drug-likeness (QED) is 0.469. The molecular formula is C26H27N3O3S. The van der Waals surface area contributed by atoms with Gasteiger partial charge in [0.05, 0.1) is 11.7 Å². The molecule has 0 aliphatic rings. The van der Waals surface area contributed by atoms with Gasteiger partial charge in [-0.1, -0.05) is 36.4 Å². The van der Waals surface area contributed by atoms with Crippen LogP contribution in [-0.2, 0) is 0 Å². The van der Waals surface area contributed by atoms with Crippen molar-refractivity contribution in [1.29, 1.82) is 0 Å². The van der Waals surface area contributed by atoms with Crippen LogP contribution in [0.3, 0.4) is 0 Å². The van der Waals surface area contributed by atoms with Crippen molar-refractivity contribution in [3.8, 4) is 5.75 Å². The number of nitrogens with zero attached hydrogens (tertiary/aromatic N) is 1. The Labute approximate surface area is 199 Å². The molecule has 3 aromatic rings. The van der Waals surface area contributed by atoms with Gasteiger partial charge in [-0.3, -0.25) is 14.9 Å². The van der Waals surface area contributed by atoms with E-state index in [1.54, 1.807) is 47.4 Å². The molecule has 33 heavy (non-hydrogen) atoms. The first-order valence-corrected chi connectivity index (χ1v) is 11.1. The van der Waals surface area contributed by atoms with E-state index in [4.69, 9.17) is 17.0 Å². The molecule has 0 aromatic heterocycles. The second kappa shape index (κ2) is 11.2. The highest BCUT2D eigenvalue weighted by atomic mass is 32.1. The Hall–Kier alpha value is -3.71. The molecular weight excluding hydrogens is 434 g/mol. The van der Waals surface area contributed by atoms with Gasteiger partial charge in [0.1, 0.15) is 5.75 Å². The van der Waals surface area contributed by atoms with Crippen LogP contribution >= 0.6 is 12.2 Å². The molecule has 7 heteroatoms. The van der Waals surface area contributed by atoms with Crippen LogP contribution in [0.2, 0.25) is 0 Å². The van der Waals surface area contributed by atoms with Crippen molar-refractivity contribution < 1.29 is 14.3 Å². The van der Waals surface area contributed by atoms with Gasteiger partial charge >= 0.3 is 0 Å². The number of rotatable bonds is 7. The number of nitrogens with one attached hydrogen (secondary N) is 2. The average Bonchev–Trinajstić information content (AvgIpc) is 2.80. The third-order valence-electron chi connectivity index (χ3n) is 4.72. The van der Waals surface area contributed by atoms with Crippen molar-refractivity contribution >= 4 is 40.5 Å². The molecule has 0 radical (unpaired) electrons. The zero-order chi connectivity index (χ0) is 23.8. The number of benzene rings is 3. The van der Waals surface area contributed by atoms with Gasteiger partial charge in [0, 0.05) is 23.5 Å². The Morgan fingerprint density at radius 1 is 0.970 bits per heavy atom. The molecule has 3 rings (SSSR count). The third kappa shape index (κ3) is 6.40. The highest BCUT2D eigenvalue weighted by Crippen LogP contribution is 2.20. The lowest BCUT2D eigenvalue weighted by Crippen LogP contribution is -2.34. The summed E-state index contributed by atoms with van der Waals surface area (Å²) in [6, 6.07) is 23.5. The highest BCUT2D eigenvalue weighted by molar-refractivity contribution is 7.80. The fourth-order valence-corrected chi connectivity index (χ4v) is 3.49. The molecule has 6 nitrogen and oxygen atoms in total. The molecule has 170 valence electrons. The maximum atomic E-state index is 13.1.